The number of hydrogen-bond donors (Lipinski definition) is 0. The molecule has 5 nitrogen and oxygen atoms in total. The van der Waals surface area contributed by atoms with Crippen molar-refractivity contribution in [3.63, 3.8) is 0 Å². The predicted molar refractivity (Wildman–Crippen MR) is 105 cm³/mol. The van der Waals surface area contributed by atoms with Gasteiger partial charge in [0.05, 0.1) is 34.6 Å². The Kier molecular flexibility index (Phi) is 4.85. The number of imidazole rings is 2. The van der Waals surface area contributed by atoms with Gasteiger partial charge in [0, 0.05) is 18.0 Å². The van der Waals surface area contributed by atoms with Crippen LogP contribution in [0.15, 0.2) is 42.9 Å². The average molecular weight is 404 g/mol. The minimum atomic E-state index is -0.461. The molecular formula is C19H16Cl2FN5. The molecular weight excluding hydrogens is 388 g/mol. The third-order valence-corrected chi connectivity index (χ3v) is 4.90. The molecule has 0 aliphatic carbocycles. The third kappa shape index (κ3) is 3.31. The second kappa shape index (κ2) is 7.29. The topological polar surface area (TPSA) is 48.0 Å². The zero-order valence-electron chi connectivity index (χ0n) is 14.5. The molecule has 0 saturated carbocycles. The van der Waals surface area contributed by atoms with Gasteiger partial charge in [-0.1, -0.05) is 11.6 Å². The summed E-state index contributed by atoms with van der Waals surface area (Å²) >= 11 is 11.9. The summed E-state index contributed by atoms with van der Waals surface area (Å²) in [4.78, 5) is 8.87. The monoisotopic (exact) mass is 403 g/mol. The molecule has 27 heavy (non-hydrogen) atoms. The molecule has 0 N–H and O–H groups in total. The molecule has 0 fully saturated rings. The predicted octanol–water partition coefficient (Wildman–Crippen LogP) is 4.99. The van der Waals surface area contributed by atoms with Gasteiger partial charge in [-0.25, -0.2) is 18.9 Å². The first kappa shape index (κ1) is 17.9. The standard InChI is InChI=1S/C19H16Cl2FN5/c1-12-10-23-17-6-5-16(25-27(12)17)19-18(24-11-26(19)8-2-7-20)13-3-4-15(22)14(21)9-13/h3-6,9-11H,2,7-8H2,1H3. The van der Waals surface area contributed by atoms with Crippen molar-refractivity contribution in [2.24, 2.45) is 0 Å². The molecule has 3 aromatic heterocycles. The Bertz CT molecular complexity index is 1120. The van der Waals surface area contributed by atoms with E-state index in [2.05, 4.69) is 9.97 Å². The molecule has 0 aliphatic rings. The number of nitrogens with zero attached hydrogens (tertiary/aromatic N) is 5. The molecule has 0 bridgehead atoms. The highest BCUT2D eigenvalue weighted by Crippen LogP contribution is 2.32. The van der Waals surface area contributed by atoms with E-state index in [1.165, 1.54) is 6.07 Å². The van der Waals surface area contributed by atoms with Gasteiger partial charge in [-0.05, 0) is 43.7 Å². The maximum absolute atomic E-state index is 13.6. The summed E-state index contributed by atoms with van der Waals surface area (Å²) < 4.78 is 17.4. The van der Waals surface area contributed by atoms with Gasteiger partial charge in [-0.3, -0.25) is 0 Å². The Labute approximate surface area is 165 Å². The van der Waals surface area contributed by atoms with Crippen molar-refractivity contribution in [3.05, 3.63) is 59.4 Å². The molecule has 0 atom stereocenters. The Hall–Kier alpha value is -2.44. The summed E-state index contributed by atoms with van der Waals surface area (Å²) in [5.41, 5.74) is 4.70. The van der Waals surface area contributed by atoms with E-state index in [-0.39, 0.29) is 5.02 Å². The minimum absolute atomic E-state index is 0.0580. The highest BCUT2D eigenvalue weighted by atomic mass is 35.5. The van der Waals surface area contributed by atoms with Crippen LogP contribution >= 0.6 is 23.2 Å². The van der Waals surface area contributed by atoms with Crippen LogP contribution in [0.1, 0.15) is 12.1 Å². The van der Waals surface area contributed by atoms with Crippen molar-refractivity contribution < 1.29 is 4.39 Å². The number of alkyl halides is 1. The number of hydrogen-bond acceptors (Lipinski definition) is 3. The van der Waals surface area contributed by atoms with Crippen molar-refractivity contribution >= 4 is 28.8 Å². The molecule has 8 heteroatoms. The molecule has 0 unspecified atom stereocenters. The lowest BCUT2D eigenvalue weighted by atomic mass is 10.1. The number of fused-ring (bicyclic) bond motifs is 1. The van der Waals surface area contributed by atoms with E-state index in [4.69, 9.17) is 28.3 Å². The normalized spacial score (nSPS) is 11.4. The fourth-order valence-electron chi connectivity index (χ4n) is 3.02. The highest BCUT2D eigenvalue weighted by Gasteiger charge is 2.18. The molecule has 0 amide bonds. The van der Waals surface area contributed by atoms with Crippen molar-refractivity contribution in [3.8, 4) is 22.6 Å². The molecule has 4 aromatic rings. The van der Waals surface area contributed by atoms with E-state index in [0.29, 0.717) is 18.1 Å². The van der Waals surface area contributed by atoms with Crippen molar-refractivity contribution in [1.29, 1.82) is 0 Å². The SMILES string of the molecule is Cc1cnc2ccc(-c3c(-c4ccc(F)c(Cl)c4)ncn3CCCCl)nn12. The second-order valence-electron chi connectivity index (χ2n) is 6.19. The van der Waals surface area contributed by atoms with Crippen LogP contribution < -0.4 is 0 Å². The van der Waals surface area contributed by atoms with Crippen molar-refractivity contribution in [2.75, 3.05) is 5.88 Å². The van der Waals surface area contributed by atoms with E-state index in [1.54, 1.807) is 29.2 Å². The van der Waals surface area contributed by atoms with E-state index in [9.17, 15) is 4.39 Å². The number of aromatic nitrogens is 5. The van der Waals surface area contributed by atoms with Crippen LogP contribution in [-0.2, 0) is 6.54 Å². The van der Waals surface area contributed by atoms with Crippen LogP contribution in [0.5, 0.6) is 0 Å². The number of benzene rings is 1. The van der Waals surface area contributed by atoms with Crippen molar-refractivity contribution in [1.82, 2.24) is 24.1 Å². The maximum Gasteiger partial charge on any atom is 0.153 e. The smallest absolute Gasteiger partial charge is 0.153 e. The summed E-state index contributed by atoms with van der Waals surface area (Å²) in [6.07, 6.45) is 4.32. The lowest BCUT2D eigenvalue weighted by Gasteiger charge is -2.10. The first-order valence-electron chi connectivity index (χ1n) is 8.47. The van der Waals surface area contributed by atoms with E-state index in [1.807, 2.05) is 23.6 Å². The molecule has 3 heterocycles. The molecule has 0 saturated heterocycles. The minimum Gasteiger partial charge on any atom is -0.329 e. The Balaban J connectivity index is 1.90. The molecule has 0 spiro atoms. The van der Waals surface area contributed by atoms with Crippen LogP contribution in [0.2, 0.25) is 5.02 Å². The van der Waals surface area contributed by atoms with Crippen LogP contribution in [0, 0.1) is 12.7 Å². The van der Waals surface area contributed by atoms with Crippen LogP contribution in [0.3, 0.4) is 0 Å². The Morgan fingerprint density at radius 3 is 2.78 bits per heavy atom. The summed E-state index contributed by atoms with van der Waals surface area (Å²) in [6.45, 7) is 2.64. The fourth-order valence-corrected chi connectivity index (χ4v) is 3.32. The van der Waals surface area contributed by atoms with Gasteiger partial charge in [0.2, 0.25) is 0 Å². The quantitative estimate of drug-likeness (QED) is 0.441. The van der Waals surface area contributed by atoms with Crippen LogP contribution in [0.4, 0.5) is 4.39 Å². The number of rotatable bonds is 5. The third-order valence-electron chi connectivity index (χ3n) is 4.34. The Morgan fingerprint density at radius 2 is 2.00 bits per heavy atom. The second-order valence-corrected chi connectivity index (χ2v) is 6.98. The maximum atomic E-state index is 13.6. The number of aryl methyl sites for hydroxylation is 2. The number of halogens is 3. The van der Waals surface area contributed by atoms with Crippen LogP contribution in [-0.4, -0.2) is 30.0 Å². The molecule has 0 radical (unpaired) electrons. The zero-order chi connectivity index (χ0) is 19.0. The van der Waals surface area contributed by atoms with Gasteiger partial charge in [-0.15, -0.1) is 11.6 Å². The Morgan fingerprint density at radius 1 is 1.15 bits per heavy atom. The van der Waals surface area contributed by atoms with Crippen LogP contribution in [0.25, 0.3) is 28.3 Å². The van der Waals surface area contributed by atoms with E-state index in [0.717, 1.165) is 34.7 Å². The fraction of sp³-hybridized carbons (Fsp3) is 0.211. The van der Waals surface area contributed by atoms with Gasteiger partial charge in [-0.2, -0.15) is 5.10 Å². The highest BCUT2D eigenvalue weighted by molar-refractivity contribution is 6.31. The summed E-state index contributed by atoms with van der Waals surface area (Å²) in [5, 5.41) is 4.78. The lowest BCUT2D eigenvalue weighted by molar-refractivity contribution is 0.628. The van der Waals surface area contributed by atoms with E-state index >= 15 is 0 Å². The summed E-state index contributed by atoms with van der Waals surface area (Å²) in [5.74, 6) is 0.0831. The zero-order valence-corrected chi connectivity index (χ0v) is 16.0. The lowest BCUT2D eigenvalue weighted by Crippen LogP contribution is -2.04. The summed E-state index contributed by atoms with van der Waals surface area (Å²) in [6, 6.07) is 8.41. The average Bonchev–Trinajstić information content (AvgIpc) is 3.26. The summed E-state index contributed by atoms with van der Waals surface area (Å²) in [7, 11) is 0. The molecule has 4 rings (SSSR count). The molecule has 0 aliphatic heterocycles. The van der Waals surface area contributed by atoms with Crippen molar-refractivity contribution in [2.45, 2.75) is 19.9 Å². The van der Waals surface area contributed by atoms with Gasteiger partial charge in [0.25, 0.3) is 0 Å². The van der Waals surface area contributed by atoms with E-state index < -0.39 is 5.82 Å². The molecule has 1 aromatic carbocycles. The van der Waals surface area contributed by atoms with Gasteiger partial charge in [0.15, 0.2) is 5.65 Å². The first-order chi connectivity index (χ1) is 13.1. The van der Waals surface area contributed by atoms with Gasteiger partial charge < -0.3 is 4.57 Å². The largest absolute Gasteiger partial charge is 0.329 e. The van der Waals surface area contributed by atoms with Gasteiger partial charge in [0.1, 0.15) is 11.5 Å². The molecule has 138 valence electrons. The van der Waals surface area contributed by atoms with Gasteiger partial charge >= 0.3 is 0 Å². The first-order valence-corrected chi connectivity index (χ1v) is 9.38.